The summed E-state index contributed by atoms with van der Waals surface area (Å²) >= 11 is 0. The molecule has 19 heavy (non-hydrogen) atoms. The van der Waals surface area contributed by atoms with Gasteiger partial charge in [-0.25, -0.2) is 0 Å². The van der Waals surface area contributed by atoms with Crippen molar-refractivity contribution < 1.29 is 4.92 Å². The first-order valence-corrected chi connectivity index (χ1v) is 6.82. The van der Waals surface area contributed by atoms with Gasteiger partial charge in [-0.1, -0.05) is 6.07 Å². The van der Waals surface area contributed by atoms with E-state index in [1.54, 1.807) is 12.1 Å². The number of nitro groups is 1. The summed E-state index contributed by atoms with van der Waals surface area (Å²) in [6.45, 7) is 3.73. The maximum absolute atomic E-state index is 11.2. The average molecular weight is 261 g/mol. The summed E-state index contributed by atoms with van der Waals surface area (Å²) < 4.78 is 0. The van der Waals surface area contributed by atoms with Gasteiger partial charge >= 0.3 is 0 Å². The molecule has 2 N–H and O–H groups in total. The molecule has 5 nitrogen and oxygen atoms in total. The summed E-state index contributed by atoms with van der Waals surface area (Å²) in [4.78, 5) is 13.0. The van der Waals surface area contributed by atoms with Crippen LogP contribution in [0.4, 0.5) is 11.4 Å². The lowest BCUT2D eigenvalue weighted by Gasteiger charge is -2.21. The van der Waals surface area contributed by atoms with Crippen LogP contribution in [0.2, 0.25) is 0 Å². The number of nitro benzene ring substituents is 1. The van der Waals surface area contributed by atoms with Gasteiger partial charge in [0.05, 0.1) is 4.92 Å². The second-order valence-electron chi connectivity index (χ2n) is 5.82. The number of fused-ring (bicyclic) bond motifs is 1. The minimum Gasteiger partial charge on any atom is -0.365 e. The Bertz CT molecular complexity index is 517. The van der Waals surface area contributed by atoms with E-state index in [9.17, 15) is 10.1 Å². The highest BCUT2D eigenvalue weighted by molar-refractivity contribution is 5.65. The van der Waals surface area contributed by atoms with Gasteiger partial charge in [-0.15, -0.1) is 0 Å². The normalized spacial score (nSPS) is 29.6. The molecule has 0 aromatic heterocycles. The van der Waals surface area contributed by atoms with Gasteiger partial charge in [0.1, 0.15) is 5.69 Å². The quantitative estimate of drug-likeness (QED) is 0.653. The number of nitrogens with zero attached hydrogens (tertiary/aromatic N) is 2. The second kappa shape index (κ2) is 4.49. The summed E-state index contributed by atoms with van der Waals surface area (Å²) in [6.07, 6.45) is 2.25. The van der Waals surface area contributed by atoms with E-state index in [1.807, 2.05) is 13.0 Å². The van der Waals surface area contributed by atoms with E-state index in [4.69, 9.17) is 5.73 Å². The molecular formula is C14H19N3O2. The molecule has 1 aliphatic carbocycles. The van der Waals surface area contributed by atoms with Gasteiger partial charge in [-0.2, -0.15) is 0 Å². The van der Waals surface area contributed by atoms with Crippen molar-refractivity contribution in [3.05, 3.63) is 33.9 Å². The van der Waals surface area contributed by atoms with Gasteiger partial charge < -0.3 is 10.6 Å². The smallest absolute Gasteiger partial charge is 0.292 e. The average Bonchev–Trinajstić information content (AvgIpc) is 2.91. The predicted molar refractivity (Wildman–Crippen MR) is 74.2 cm³/mol. The lowest BCUT2D eigenvalue weighted by Crippen LogP contribution is -2.30. The molecule has 1 heterocycles. The minimum absolute atomic E-state index is 0.208. The van der Waals surface area contributed by atoms with Crippen LogP contribution in [0, 0.1) is 28.9 Å². The predicted octanol–water partition coefficient (Wildman–Crippen LogP) is 2.08. The van der Waals surface area contributed by atoms with Gasteiger partial charge in [-0.05, 0) is 43.2 Å². The third kappa shape index (κ3) is 2.08. The van der Waals surface area contributed by atoms with Crippen LogP contribution < -0.4 is 10.6 Å². The van der Waals surface area contributed by atoms with Crippen molar-refractivity contribution in [1.82, 2.24) is 0 Å². The largest absolute Gasteiger partial charge is 0.365 e. The highest BCUT2D eigenvalue weighted by atomic mass is 16.6. The number of anilines is 1. The lowest BCUT2D eigenvalue weighted by molar-refractivity contribution is -0.384. The zero-order valence-corrected chi connectivity index (χ0v) is 11.1. The first-order valence-electron chi connectivity index (χ1n) is 6.82. The Labute approximate surface area is 112 Å². The zero-order chi connectivity index (χ0) is 13.6. The standard InChI is InChI=1S/C14H19N3O2/c1-9-2-5-13(17(18)19)14(6-9)16-7-10-3-4-12(15)11(10)8-16/h2,5-6,10-12H,3-4,7-8,15H2,1H3. The van der Waals surface area contributed by atoms with E-state index in [-0.39, 0.29) is 16.7 Å². The van der Waals surface area contributed by atoms with E-state index in [1.165, 1.54) is 0 Å². The Morgan fingerprint density at radius 3 is 2.84 bits per heavy atom. The van der Waals surface area contributed by atoms with E-state index >= 15 is 0 Å². The molecule has 0 amide bonds. The first kappa shape index (κ1) is 12.4. The van der Waals surface area contributed by atoms with Crippen molar-refractivity contribution in [2.24, 2.45) is 17.6 Å². The number of nitrogens with two attached hydrogens (primary N) is 1. The number of benzene rings is 1. The molecule has 102 valence electrons. The number of rotatable bonds is 2. The molecule has 0 spiro atoms. The molecule has 1 saturated heterocycles. The van der Waals surface area contributed by atoms with Crippen molar-refractivity contribution in [3.8, 4) is 0 Å². The summed E-state index contributed by atoms with van der Waals surface area (Å²) in [6, 6.07) is 5.59. The van der Waals surface area contributed by atoms with E-state index < -0.39 is 0 Å². The summed E-state index contributed by atoms with van der Waals surface area (Å²) in [5.74, 6) is 1.11. The molecule has 5 heteroatoms. The maximum atomic E-state index is 11.2. The molecule has 1 aliphatic heterocycles. The topological polar surface area (TPSA) is 72.4 Å². The molecule has 1 aromatic rings. The van der Waals surface area contributed by atoms with E-state index in [0.717, 1.165) is 37.2 Å². The van der Waals surface area contributed by atoms with Gasteiger partial charge in [-0.3, -0.25) is 10.1 Å². The van der Waals surface area contributed by atoms with Crippen LogP contribution in [-0.2, 0) is 0 Å². The Hall–Kier alpha value is -1.62. The molecular weight excluding hydrogens is 242 g/mol. The van der Waals surface area contributed by atoms with Gasteiger partial charge in [0.2, 0.25) is 0 Å². The van der Waals surface area contributed by atoms with Crippen LogP contribution in [0.1, 0.15) is 18.4 Å². The fourth-order valence-electron chi connectivity index (χ4n) is 3.55. The van der Waals surface area contributed by atoms with Crippen molar-refractivity contribution in [2.75, 3.05) is 18.0 Å². The third-order valence-corrected chi connectivity index (χ3v) is 4.58. The van der Waals surface area contributed by atoms with E-state index in [2.05, 4.69) is 4.90 Å². The minimum atomic E-state index is -0.289. The van der Waals surface area contributed by atoms with Crippen molar-refractivity contribution in [3.63, 3.8) is 0 Å². The zero-order valence-electron chi connectivity index (χ0n) is 11.1. The maximum Gasteiger partial charge on any atom is 0.292 e. The molecule has 0 radical (unpaired) electrons. The molecule has 3 unspecified atom stereocenters. The molecule has 0 bridgehead atoms. The Morgan fingerprint density at radius 2 is 2.16 bits per heavy atom. The highest BCUT2D eigenvalue weighted by Gasteiger charge is 2.42. The summed E-state index contributed by atoms with van der Waals surface area (Å²) in [5.41, 5.74) is 8.15. The van der Waals surface area contributed by atoms with Crippen LogP contribution in [0.3, 0.4) is 0 Å². The van der Waals surface area contributed by atoms with Crippen molar-refractivity contribution in [1.29, 1.82) is 0 Å². The number of hydrogen-bond acceptors (Lipinski definition) is 4. The highest BCUT2D eigenvalue weighted by Crippen LogP contribution is 2.41. The van der Waals surface area contributed by atoms with Crippen LogP contribution in [0.25, 0.3) is 0 Å². The first-order chi connectivity index (χ1) is 9.06. The summed E-state index contributed by atoms with van der Waals surface area (Å²) in [5, 5.41) is 11.2. The van der Waals surface area contributed by atoms with Crippen LogP contribution in [0.15, 0.2) is 18.2 Å². The van der Waals surface area contributed by atoms with Crippen molar-refractivity contribution in [2.45, 2.75) is 25.8 Å². The molecule has 1 aromatic carbocycles. The van der Waals surface area contributed by atoms with Crippen LogP contribution in [0.5, 0.6) is 0 Å². The monoisotopic (exact) mass is 261 g/mol. The summed E-state index contributed by atoms with van der Waals surface area (Å²) in [7, 11) is 0. The van der Waals surface area contributed by atoms with Gasteiger partial charge in [0.15, 0.2) is 0 Å². The van der Waals surface area contributed by atoms with Gasteiger partial charge in [0, 0.05) is 25.2 Å². The molecule has 1 saturated carbocycles. The van der Waals surface area contributed by atoms with Crippen LogP contribution in [-0.4, -0.2) is 24.1 Å². The molecule has 2 aliphatic rings. The fourth-order valence-corrected chi connectivity index (χ4v) is 3.55. The Kier molecular flexibility index (Phi) is 2.93. The SMILES string of the molecule is Cc1ccc([N+](=O)[O-])c(N2CC3CCC(N)C3C2)c1. The molecule has 3 rings (SSSR count). The number of aryl methyl sites for hydroxylation is 1. The number of hydrogen-bond donors (Lipinski definition) is 1. The van der Waals surface area contributed by atoms with E-state index in [0.29, 0.717) is 11.8 Å². The molecule has 3 atom stereocenters. The fraction of sp³-hybridized carbons (Fsp3) is 0.571. The Morgan fingerprint density at radius 1 is 1.37 bits per heavy atom. The van der Waals surface area contributed by atoms with Crippen molar-refractivity contribution >= 4 is 11.4 Å². The van der Waals surface area contributed by atoms with Gasteiger partial charge in [0.25, 0.3) is 5.69 Å². The second-order valence-corrected chi connectivity index (χ2v) is 5.82. The lowest BCUT2D eigenvalue weighted by atomic mass is 9.98. The Balaban J connectivity index is 1.91. The third-order valence-electron chi connectivity index (χ3n) is 4.58. The van der Waals surface area contributed by atoms with Crippen LogP contribution >= 0.6 is 0 Å². The molecule has 2 fully saturated rings.